The summed E-state index contributed by atoms with van der Waals surface area (Å²) in [5, 5.41) is 4.34. The van der Waals surface area contributed by atoms with E-state index in [1.54, 1.807) is 6.07 Å². The third-order valence-electron chi connectivity index (χ3n) is 4.37. The molecule has 0 spiro atoms. The summed E-state index contributed by atoms with van der Waals surface area (Å²) in [7, 11) is 0. The molecule has 1 saturated heterocycles. The molecule has 0 aliphatic carbocycles. The normalized spacial score (nSPS) is 15.3. The van der Waals surface area contributed by atoms with Gasteiger partial charge < -0.3 is 9.73 Å². The summed E-state index contributed by atoms with van der Waals surface area (Å²) in [4.78, 5) is 12.7. The monoisotopic (exact) mass is 403 g/mol. The van der Waals surface area contributed by atoms with Crippen LogP contribution in [0.2, 0.25) is 5.02 Å². The highest BCUT2D eigenvalue weighted by Gasteiger charge is 2.20. The maximum Gasteiger partial charge on any atom is 0.291 e. The third kappa shape index (κ3) is 3.48. The quantitative estimate of drug-likeness (QED) is 0.540. The summed E-state index contributed by atoms with van der Waals surface area (Å²) >= 11 is 10.1. The van der Waals surface area contributed by atoms with Crippen LogP contribution in [0.1, 0.15) is 32.7 Å². The number of halogens is 1. The summed E-state index contributed by atoms with van der Waals surface area (Å²) in [5.41, 5.74) is 3.38. The number of carbonyl (C=O) groups excluding carboxylic acids is 1. The molecule has 6 heteroatoms. The molecular weight excluding hydrogens is 386 g/mol. The Morgan fingerprint density at radius 3 is 2.73 bits per heavy atom. The number of rotatable bonds is 3. The zero-order valence-electron chi connectivity index (χ0n) is 14.3. The number of furan rings is 1. The second kappa shape index (κ2) is 7.59. The maximum absolute atomic E-state index is 12.7. The van der Waals surface area contributed by atoms with E-state index >= 15 is 0 Å². The second-order valence-corrected chi connectivity index (χ2v) is 9.31. The summed E-state index contributed by atoms with van der Waals surface area (Å²) in [6, 6.07) is 13.6. The van der Waals surface area contributed by atoms with Crippen molar-refractivity contribution in [2.45, 2.75) is 17.9 Å². The van der Waals surface area contributed by atoms with E-state index in [0.29, 0.717) is 20.9 Å². The average Bonchev–Trinajstić information content (AvgIpc) is 3.01. The van der Waals surface area contributed by atoms with E-state index in [9.17, 15) is 4.79 Å². The van der Waals surface area contributed by atoms with Crippen LogP contribution >= 0.6 is 35.1 Å². The minimum atomic E-state index is -0.254. The molecule has 134 valence electrons. The number of hydrogen-bond acceptors (Lipinski definition) is 4. The standard InChI is InChI=1S/C20H18ClNO2S2/c1-12-15-7-3-8-16(21)18(15)24-17(12)19(23)22-14-6-2-5-13(11-14)20-25-9-4-10-26-20/h2-3,5-8,11,20H,4,9-10H2,1H3,(H,22,23). The lowest BCUT2D eigenvalue weighted by Crippen LogP contribution is -2.12. The molecule has 2 heterocycles. The van der Waals surface area contributed by atoms with Crippen LogP contribution in [-0.2, 0) is 0 Å². The van der Waals surface area contributed by atoms with Gasteiger partial charge in [0.15, 0.2) is 11.3 Å². The predicted octanol–water partition coefficient (Wildman–Crippen LogP) is 6.52. The molecule has 3 nitrogen and oxygen atoms in total. The number of carbonyl (C=O) groups is 1. The molecule has 1 aromatic heterocycles. The smallest absolute Gasteiger partial charge is 0.291 e. The van der Waals surface area contributed by atoms with Gasteiger partial charge in [0.1, 0.15) is 0 Å². The number of nitrogens with one attached hydrogen (secondary N) is 1. The second-order valence-electron chi connectivity index (χ2n) is 6.18. The molecule has 0 radical (unpaired) electrons. The van der Waals surface area contributed by atoms with Crippen molar-refractivity contribution in [2.75, 3.05) is 16.8 Å². The highest BCUT2D eigenvalue weighted by molar-refractivity contribution is 8.16. The summed E-state index contributed by atoms with van der Waals surface area (Å²) in [6.07, 6.45) is 1.26. The van der Waals surface area contributed by atoms with Crippen molar-refractivity contribution >= 4 is 57.7 Å². The Morgan fingerprint density at radius 1 is 1.19 bits per heavy atom. The molecule has 1 amide bonds. The highest BCUT2D eigenvalue weighted by Crippen LogP contribution is 2.44. The van der Waals surface area contributed by atoms with Gasteiger partial charge in [-0.15, -0.1) is 23.5 Å². The van der Waals surface area contributed by atoms with Gasteiger partial charge in [0.05, 0.1) is 9.60 Å². The average molecular weight is 404 g/mol. The zero-order chi connectivity index (χ0) is 18.1. The van der Waals surface area contributed by atoms with Gasteiger partial charge in [-0.25, -0.2) is 0 Å². The van der Waals surface area contributed by atoms with Gasteiger partial charge in [0, 0.05) is 16.6 Å². The number of hydrogen-bond donors (Lipinski definition) is 1. The molecule has 0 unspecified atom stereocenters. The first-order chi connectivity index (χ1) is 12.6. The summed E-state index contributed by atoms with van der Waals surface area (Å²) in [5.74, 6) is 2.43. The van der Waals surface area contributed by atoms with Crippen molar-refractivity contribution in [1.29, 1.82) is 0 Å². The van der Waals surface area contributed by atoms with Crippen molar-refractivity contribution in [3.8, 4) is 0 Å². The number of thioether (sulfide) groups is 2. The highest BCUT2D eigenvalue weighted by atomic mass is 35.5. The lowest BCUT2D eigenvalue weighted by atomic mass is 10.1. The molecule has 0 saturated carbocycles. The maximum atomic E-state index is 12.7. The van der Waals surface area contributed by atoms with E-state index in [-0.39, 0.29) is 5.91 Å². The molecule has 1 N–H and O–H groups in total. The molecule has 1 fully saturated rings. The predicted molar refractivity (Wildman–Crippen MR) is 113 cm³/mol. The number of anilines is 1. The molecule has 2 aromatic carbocycles. The third-order valence-corrected chi connectivity index (χ3v) is 7.68. The van der Waals surface area contributed by atoms with E-state index in [2.05, 4.69) is 17.4 Å². The largest absolute Gasteiger partial charge is 0.449 e. The van der Waals surface area contributed by atoms with Gasteiger partial charge in [0.25, 0.3) is 5.91 Å². The van der Waals surface area contributed by atoms with Crippen molar-refractivity contribution in [2.24, 2.45) is 0 Å². The van der Waals surface area contributed by atoms with Crippen LogP contribution in [0, 0.1) is 6.92 Å². The van der Waals surface area contributed by atoms with Crippen LogP contribution in [-0.4, -0.2) is 17.4 Å². The topological polar surface area (TPSA) is 42.2 Å². The molecule has 26 heavy (non-hydrogen) atoms. The van der Waals surface area contributed by atoms with Gasteiger partial charge in [0.2, 0.25) is 0 Å². The Morgan fingerprint density at radius 2 is 1.96 bits per heavy atom. The number of fused-ring (bicyclic) bond motifs is 1. The molecule has 1 aliphatic rings. The van der Waals surface area contributed by atoms with E-state index in [1.165, 1.54) is 23.5 Å². The van der Waals surface area contributed by atoms with E-state index in [0.717, 1.165) is 16.6 Å². The fourth-order valence-corrected chi connectivity index (χ4v) is 6.14. The summed E-state index contributed by atoms with van der Waals surface area (Å²) in [6.45, 7) is 1.88. The molecule has 3 aromatic rings. The van der Waals surface area contributed by atoms with Gasteiger partial charge in [-0.1, -0.05) is 35.9 Å². The lowest BCUT2D eigenvalue weighted by molar-refractivity contribution is 0.0998. The molecular formula is C20H18ClNO2S2. The Labute approximate surface area is 165 Å². The molecule has 0 bridgehead atoms. The minimum absolute atomic E-state index is 0.254. The fraction of sp³-hybridized carbons (Fsp3) is 0.250. The van der Waals surface area contributed by atoms with Gasteiger partial charge in [-0.3, -0.25) is 4.79 Å². The van der Waals surface area contributed by atoms with Crippen molar-refractivity contribution < 1.29 is 9.21 Å². The number of amides is 1. The van der Waals surface area contributed by atoms with Crippen molar-refractivity contribution in [3.05, 3.63) is 64.4 Å². The van der Waals surface area contributed by atoms with Crippen LogP contribution in [0.25, 0.3) is 11.0 Å². The van der Waals surface area contributed by atoms with E-state index in [1.807, 2.05) is 54.7 Å². The first kappa shape index (κ1) is 17.8. The van der Waals surface area contributed by atoms with Crippen molar-refractivity contribution in [3.63, 3.8) is 0 Å². The number of benzene rings is 2. The first-order valence-corrected chi connectivity index (χ1v) is 10.9. The van der Waals surface area contributed by atoms with Crippen LogP contribution in [0.4, 0.5) is 5.69 Å². The molecule has 1 aliphatic heterocycles. The van der Waals surface area contributed by atoms with Crippen molar-refractivity contribution in [1.82, 2.24) is 0 Å². The zero-order valence-corrected chi connectivity index (χ0v) is 16.6. The molecule has 0 atom stereocenters. The van der Waals surface area contributed by atoms with E-state index < -0.39 is 0 Å². The first-order valence-electron chi connectivity index (χ1n) is 8.45. The SMILES string of the molecule is Cc1c(C(=O)Nc2cccc(C3SCCCS3)c2)oc2c(Cl)cccc12. The van der Waals surface area contributed by atoms with E-state index in [4.69, 9.17) is 16.0 Å². The lowest BCUT2D eigenvalue weighted by Gasteiger charge is -2.21. The van der Waals surface area contributed by atoms with Gasteiger partial charge in [-0.05, 0) is 48.6 Å². The van der Waals surface area contributed by atoms with Gasteiger partial charge >= 0.3 is 0 Å². The Hall–Kier alpha value is -1.56. The molecule has 4 rings (SSSR count). The van der Waals surface area contributed by atoms with Crippen LogP contribution in [0.15, 0.2) is 46.9 Å². The van der Waals surface area contributed by atoms with Crippen LogP contribution in [0.5, 0.6) is 0 Å². The van der Waals surface area contributed by atoms with Crippen LogP contribution in [0.3, 0.4) is 0 Å². The number of para-hydroxylation sites is 1. The summed E-state index contributed by atoms with van der Waals surface area (Å²) < 4.78 is 6.20. The minimum Gasteiger partial charge on any atom is -0.449 e. The Kier molecular flexibility index (Phi) is 5.20. The van der Waals surface area contributed by atoms with Crippen LogP contribution < -0.4 is 5.32 Å². The Bertz CT molecular complexity index is 964. The number of aryl methyl sites for hydroxylation is 1. The fourth-order valence-electron chi connectivity index (χ4n) is 3.06. The van der Waals surface area contributed by atoms with Gasteiger partial charge in [-0.2, -0.15) is 0 Å². The Balaban J connectivity index is 1.59.